The van der Waals surface area contributed by atoms with Gasteiger partial charge in [-0.15, -0.1) is 0 Å². The van der Waals surface area contributed by atoms with Crippen LogP contribution in [0.15, 0.2) is 48.8 Å². The molecule has 0 spiro atoms. The van der Waals surface area contributed by atoms with Gasteiger partial charge < -0.3 is 0 Å². The third-order valence-electron chi connectivity index (χ3n) is 4.92. The summed E-state index contributed by atoms with van der Waals surface area (Å²) in [6, 6.07) is 12.7. The first-order valence-electron chi connectivity index (χ1n) is 8.52. The molecule has 0 amide bonds. The van der Waals surface area contributed by atoms with Gasteiger partial charge in [0.2, 0.25) is 0 Å². The molecule has 1 aliphatic rings. The van der Waals surface area contributed by atoms with Crippen LogP contribution in [0.3, 0.4) is 0 Å². The maximum absolute atomic E-state index is 2.20. The average molecular weight is 424 g/mol. The molecule has 0 saturated heterocycles. The number of hydrogen-bond donors (Lipinski definition) is 0. The quantitative estimate of drug-likeness (QED) is 0.516. The Morgan fingerprint density at radius 1 is 0.560 bits per heavy atom. The normalized spacial score (nSPS) is 17.6. The van der Waals surface area contributed by atoms with Gasteiger partial charge in [0.25, 0.3) is 0 Å². The van der Waals surface area contributed by atoms with Gasteiger partial charge in [0, 0.05) is 0 Å². The van der Waals surface area contributed by atoms with Crippen molar-refractivity contribution >= 4 is 0 Å². The molecule has 0 bridgehead atoms. The predicted molar refractivity (Wildman–Crippen MR) is 102 cm³/mol. The fraction of sp³-hybridized carbons (Fsp3) is 0.318. The van der Waals surface area contributed by atoms with E-state index in [1.807, 2.05) is 0 Å². The van der Waals surface area contributed by atoms with E-state index in [2.05, 4.69) is 107 Å². The molecule has 0 atom stereocenters. The average Bonchev–Trinajstić information content (AvgIpc) is 2.77. The number of pyridine rings is 2. The molecule has 5 radical (unpaired) electrons. The van der Waals surface area contributed by atoms with E-state index in [1.165, 1.54) is 37.4 Å². The second kappa shape index (κ2) is 9.03. The van der Waals surface area contributed by atoms with E-state index in [4.69, 9.17) is 0 Å². The Morgan fingerprint density at radius 2 is 0.880 bits per heavy atom. The van der Waals surface area contributed by atoms with E-state index in [1.54, 1.807) is 0 Å². The van der Waals surface area contributed by atoms with Crippen molar-refractivity contribution in [3.63, 3.8) is 0 Å². The van der Waals surface area contributed by atoms with Crippen LogP contribution in [0, 0.1) is 37.4 Å². The number of hydrogen-bond acceptors (Lipinski definition) is 0. The topological polar surface area (TPSA) is 9.86 Å². The van der Waals surface area contributed by atoms with Gasteiger partial charge in [-0.3, -0.25) is 0 Å². The first-order valence-corrected chi connectivity index (χ1v) is 10.2. The SMILES string of the molecule is C[C]1[C](C)[C](C)[C](C)[C]1C.Cn1cccc[c]1=[Rh]=[c]1ccccn1C. The molecular weight excluding hydrogens is 395 g/mol. The van der Waals surface area contributed by atoms with Crippen LogP contribution in [0.1, 0.15) is 34.6 Å². The van der Waals surface area contributed by atoms with Crippen LogP contribution < -0.4 is 0 Å². The second-order valence-electron chi connectivity index (χ2n) is 6.43. The Labute approximate surface area is 160 Å². The van der Waals surface area contributed by atoms with E-state index >= 15 is 0 Å². The van der Waals surface area contributed by atoms with Crippen LogP contribution in [0.4, 0.5) is 0 Å². The molecule has 0 N–H and O–H groups in total. The third-order valence-corrected chi connectivity index (χ3v) is 7.46. The van der Waals surface area contributed by atoms with Crippen LogP contribution in [0.2, 0.25) is 0 Å². The molecule has 136 valence electrons. The summed E-state index contributed by atoms with van der Waals surface area (Å²) in [7, 11) is 4.20. The summed E-state index contributed by atoms with van der Waals surface area (Å²) in [5.74, 6) is 7.34. The zero-order valence-corrected chi connectivity index (χ0v) is 18.0. The first kappa shape index (κ1) is 20.2. The molecule has 0 unspecified atom stereocenters. The summed E-state index contributed by atoms with van der Waals surface area (Å²) in [5, 5.41) is 0. The van der Waals surface area contributed by atoms with Crippen molar-refractivity contribution in [2.45, 2.75) is 34.6 Å². The third kappa shape index (κ3) is 4.97. The minimum absolute atomic E-state index is 0.295. The van der Waals surface area contributed by atoms with Crippen molar-refractivity contribution in [2.75, 3.05) is 0 Å². The molecule has 3 rings (SSSR count). The van der Waals surface area contributed by atoms with Gasteiger partial charge in [-0.25, -0.2) is 0 Å². The van der Waals surface area contributed by atoms with Crippen molar-refractivity contribution < 1.29 is 16.2 Å². The standard InChI is InChI=1S/C10H15.2C6H7N.Rh/c1-6-7(2)9(4)10(5)8(6)3;2*1-7-5-3-2-4-6-7;/h1-5H3;2*2-5H,1H3;. The van der Waals surface area contributed by atoms with Gasteiger partial charge in [0.15, 0.2) is 0 Å². The van der Waals surface area contributed by atoms with Crippen molar-refractivity contribution in [2.24, 2.45) is 14.1 Å². The summed E-state index contributed by atoms with van der Waals surface area (Å²) in [6.45, 7) is 11.0. The second-order valence-corrected chi connectivity index (χ2v) is 8.52. The van der Waals surface area contributed by atoms with Gasteiger partial charge in [-0.05, 0) is 29.6 Å². The Balaban J connectivity index is 0.000000196. The molecular formula is C22H29N2Rh. The van der Waals surface area contributed by atoms with Crippen molar-refractivity contribution in [3.05, 3.63) is 86.1 Å². The summed E-state index contributed by atoms with van der Waals surface area (Å²) in [5.41, 5.74) is 0. The van der Waals surface area contributed by atoms with Crippen molar-refractivity contribution in [3.8, 4) is 0 Å². The molecule has 1 aliphatic carbocycles. The van der Waals surface area contributed by atoms with Gasteiger partial charge in [0.05, 0.1) is 0 Å². The minimum atomic E-state index is 0.295. The maximum atomic E-state index is 2.20. The van der Waals surface area contributed by atoms with Gasteiger partial charge in [0.1, 0.15) is 0 Å². The summed E-state index contributed by atoms with van der Waals surface area (Å²) < 4.78 is 7.16. The van der Waals surface area contributed by atoms with Crippen LogP contribution in [-0.2, 0) is 30.3 Å². The number of rotatable bonds is 0. The van der Waals surface area contributed by atoms with Gasteiger partial charge in [-0.2, -0.15) is 0 Å². The zero-order valence-electron chi connectivity index (χ0n) is 16.3. The Hall–Kier alpha value is -1.08. The van der Waals surface area contributed by atoms with E-state index in [9.17, 15) is 0 Å². The molecule has 0 aromatic carbocycles. The molecule has 1 saturated carbocycles. The molecule has 2 heterocycles. The Kier molecular flexibility index (Phi) is 7.31. The van der Waals surface area contributed by atoms with E-state index in [0.717, 1.165) is 0 Å². The predicted octanol–water partition coefficient (Wildman–Crippen LogP) is 5.18. The van der Waals surface area contributed by atoms with Crippen molar-refractivity contribution in [1.82, 2.24) is 9.13 Å². The molecule has 1 fully saturated rings. The molecule has 25 heavy (non-hydrogen) atoms. The number of aromatic nitrogens is 2. The molecule has 2 aromatic rings. The van der Waals surface area contributed by atoms with Gasteiger partial charge in [-0.1, -0.05) is 34.6 Å². The van der Waals surface area contributed by atoms with Crippen LogP contribution in [-0.4, -0.2) is 9.13 Å². The molecule has 3 heteroatoms. The Bertz CT molecular complexity index is 730. The summed E-state index contributed by atoms with van der Waals surface area (Å²) in [6.07, 6.45) is 4.20. The fourth-order valence-electron chi connectivity index (χ4n) is 2.66. The van der Waals surface area contributed by atoms with Gasteiger partial charge >= 0.3 is 96.0 Å². The number of aryl methyl sites for hydroxylation is 2. The molecule has 2 nitrogen and oxygen atoms in total. The monoisotopic (exact) mass is 424 g/mol. The van der Waals surface area contributed by atoms with E-state index in [-0.39, 0.29) is 0 Å². The summed E-state index contributed by atoms with van der Waals surface area (Å²) >= 11 is 0.295. The zero-order chi connectivity index (χ0) is 18.6. The van der Waals surface area contributed by atoms with Crippen LogP contribution in [0.5, 0.6) is 0 Å². The van der Waals surface area contributed by atoms with E-state index in [0.29, 0.717) is 16.2 Å². The Morgan fingerprint density at radius 3 is 1.16 bits per heavy atom. The fourth-order valence-corrected chi connectivity index (χ4v) is 4.50. The van der Waals surface area contributed by atoms with E-state index < -0.39 is 0 Å². The van der Waals surface area contributed by atoms with Crippen LogP contribution in [0.25, 0.3) is 0 Å². The molecule has 0 aliphatic heterocycles. The molecule has 2 aromatic heterocycles. The summed E-state index contributed by atoms with van der Waals surface area (Å²) in [4.78, 5) is 0. The number of nitrogens with zero attached hydrogens (tertiary/aromatic N) is 2. The first-order chi connectivity index (χ1) is 11.8. The van der Waals surface area contributed by atoms with Crippen molar-refractivity contribution in [1.29, 1.82) is 0 Å². The van der Waals surface area contributed by atoms with Crippen LogP contribution >= 0.6 is 0 Å².